The minimum atomic E-state index is -0.271. The van der Waals surface area contributed by atoms with E-state index >= 15 is 0 Å². The highest BCUT2D eigenvalue weighted by molar-refractivity contribution is 5.87. The van der Waals surface area contributed by atoms with Crippen molar-refractivity contribution in [2.75, 3.05) is 18.0 Å². The lowest BCUT2D eigenvalue weighted by Crippen LogP contribution is -2.38. The largest absolute Gasteiger partial charge is 0.446 e. The van der Waals surface area contributed by atoms with Crippen molar-refractivity contribution in [3.63, 3.8) is 0 Å². The maximum atomic E-state index is 12.7. The van der Waals surface area contributed by atoms with E-state index in [0.29, 0.717) is 6.54 Å². The monoisotopic (exact) mass is 310 g/mol. The summed E-state index contributed by atoms with van der Waals surface area (Å²) in [5.41, 5.74) is 1.94. The van der Waals surface area contributed by atoms with Gasteiger partial charge in [-0.05, 0) is 43.6 Å². The van der Waals surface area contributed by atoms with Crippen LogP contribution in [0.15, 0.2) is 60.7 Å². The van der Waals surface area contributed by atoms with Crippen LogP contribution in [0.5, 0.6) is 0 Å². The van der Waals surface area contributed by atoms with Crippen molar-refractivity contribution in [1.82, 2.24) is 5.32 Å². The van der Waals surface area contributed by atoms with Crippen molar-refractivity contribution >= 4 is 11.8 Å². The van der Waals surface area contributed by atoms with Crippen LogP contribution in [0.1, 0.15) is 18.4 Å². The molecule has 1 aliphatic heterocycles. The summed E-state index contributed by atoms with van der Waals surface area (Å²) in [6, 6.07) is 19.7. The Hall–Kier alpha value is -2.33. The maximum absolute atomic E-state index is 12.7. The van der Waals surface area contributed by atoms with Gasteiger partial charge >= 0.3 is 6.09 Å². The summed E-state index contributed by atoms with van der Waals surface area (Å²) in [4.78, 5) is 14.4. The normalized spacial score (nSPS) is 15.1. The summed E-state index contributed by atoms with van der Waals surface area (Å²) < 4.78 is 5.73. The average Bonchev–Trinajstić information content (AvgIpc) is 2.62. The van der Waals surface area contributed by atoms with E-state index in [1.165, 1.54) is 0 Å². The number of anilines is 1. The number of carbonyl (C=O) groups excluding carboxylic acids is 1. The zero-order chi connectivity index (χ0) is 15.9. The lowest BCUT2D eigenvalue weighted by atomic mass is 10.1. The van der Waals surface area contributed by atoms with Gasteiger partial charge in [0.15, 0.2) is 0 Å². The van der Waals surface area contributed by atoms with E-state index < -0.39 is 0 Å². The SMILES string of the molecule is O=C(OC1CCNCC1)N(Cc1ccccc1)c1ccccc1. The van der Waals surface area contributed by atoms with Crippen LogP contribution in [0.3, 0.4) is 0 Å². The Morgan fingerprint density at radius 1 is 1.00 bits per heavy atom. The number of hydrogen-bond donors (Lipinski definition) is 1. The quantitative estimate of drug-likeness (QED) is 0.938. The number of ether oxygens (including phenoxy) is 1. The summed E-state index contributed by atoms with van der Waals surface area (Å²) in [5, 5.41) is 3.28. The fraction of sp³-hybridized carbons (Fsp3) is 0.316. The van der Waals surface area contributed by atoms with Gasteiger partial charge in [-0.3, -0.25) is 4.90 Å². The summed E-state index contributed by atoms with van der Waals surface area (Å²) in [7, 11) is 0. The Bertz CT molecular complexity index is 610. The topological polar surface area (TPSA) is 41.6 Å². The molecule has 0 bridgehead atoms. The number of piperidine rings is 1. The second-order valence-electron chi connectivity index (χ2n) is 5.74. The highest BCUT2D eigenvalue weighted by Crippen LogP contribution is 2.20. The Kier molecular flexibility index (Phi) is 5.27. The molecule has 0 spiro atoms. The fourth-order valence-corrected chi connectivity index (χ4v) is 2.75. The van der Waals surface area contributed by atoms with Gasteiger partial charge in [-0.2, -0.15) is 0 Å². The first kappa shape index (κ1) is 15.6. The molecule has 23 heavy (non-hydrogen) atoms. The molecule has 2 aromatic rings. The molecule has 0 aromatic heterocycles. The van der Waals surface area contributed by atoms with Crippen molar-refractivity contribution in [2.45, 2.75) is 25.5 Å². The van der Waals surface area contributed by atoms with Gasteiger partial charge in [0, 0.05) is 5.69 Å². The van der Waals surface area contributed by atoms with Gasteiger partial charge in [0.2, 0.25) is 0 Å². The van der Waals surface area contributed by atoms with Crippen molar-refractivity contribution in [2.24, 2.45) is 0 Å². The third kappa shape index (κ3) is 4.33. The predicted molar refractivity (Wildman–Crippen MR) is 91.4 cm³/mol. The van der Waals surface area contributed by atoms with E-state index in [4.69, 9.17) is 4.74 Å². The number of hydrogen-bond acceptors (Lipinski definition) is 3. The molecule has 4 heteroatoms. The molecule has 1 saturated heterocycles. The Morgan fingerprint density at radius 2 is 1.61 bits per heavy atom. The zero-order valence-corrected chi connectivity index (χ0v) is 13.2. The molecule has 4 nitrogen and oxygen atoms in total. The van der Waals surface area contributed by atoms with E-state index in [2.05, 4.69) is 5.32 Å². The van der Waals surface area contributed by atoms with E-state index in [-0.39, 0.29) is 12.2 Å². The number of para-hydroxylation sites is 1. The molecule has 120 valence electrons. The smallest absolute Gasteiger partial charge is 0.414 e. The molecule has 0 atom stereocenters. The highest BCUT2D eigenvalue weighted by Gasteiger charge is 2.23. The molecule has 3 rings (SSSR count). The molecular weight excluding hydrogens is 288 g/mol. The Morgan fingerprint density at radius 3 is 2.26 bits per heavy atom. The maximum Gasteiger partial charge on any atom is 0.414 e. The lowest BCUT2D eigenvalue weighted by Gasteiger charge is -2.28. The molecule has 1 heterocycles. The highest BCUT2D eigenvalue weighted by atomic mass is 16.6. The van der Waals surface area contributed by atoms with Crippen LogP contribution < -0.4 is 10.2 Å². The van der Waals surface area contributed by atoms with Crippen molar-refractivity contribution in [3.05, 3.63) is 66.2 Å². The number of rotatable bonds is 4. The van der Waals surface area contributed by atoms with Crippen molar-refractivity contribution in [3.8, 4) is 0 Å². The fourth-order valence-electron chi connectivity index (χ4n) is 2.75. The van der Waals surface area contributed by atoms with Gasteiger partial charge in [-0.15, -0.1) is 0 Å². The van der Waals surface area contributed by atoms with Crippen LogP contribution >= 0.6 is 0 Å². The van der Waals surface area contributed by atoms with Crippen LogP contribution in [-0.2, 0) is 11.3 Å². The van der Waals surface area contributed by atoms with E-state index in [1.54, 1.807) is 4.90 Å². The number of nitrogens with one attached hydrogen (secondary N) is 1. The van der Waals surface area contributed by atoms with Crippen molar-refractivity contribution < 1.29 is 9.53 Å². The third-order valence-corrected chi connectivity index (χ3v) is 4.03. The molecule has 1 N–H and O–H groups in total. The third-order valence-electron chi connectivity index (χ3n) is 4.03. The molecule has 1 fully saturated rings. The number of carbonyl (C=O) groups is 1. The van der Waals surface area contributed by atoms with Crippen LogP contribution in [-0.4, -0.2) is 25.3 Å². The van der Waals surface area contributed by atoms with E-state index in [9.17, 15) is 4.79 Å². The zero-order valence-electron chi connectivity index (χ0n) is 13.2. The predicted octanol–water partition coefficient (Wildman–Crippen LogP) is 3.58. The van der Waals surface area contributed by atoms with Crippen LogP contribution in [0.2, 0.25) is 0 Å². The van der Waals surface area contributed by atoms with Gasteiger partial charge in [-0.1, -0.05) is 48.5 Å². The van der Waals surface area contributed by atoms with E-state index in [1.807, 2.05) is 60.7 Å². The number of amides is 1. The summed E-state index contributed by atoms with van der Waals surface area (Å²) in [6.45, 7) is 2.32. The molecule has 0 radical (unpaired) electrons. The van der Waals surface area contributed by atoms with Crippen LogP contribution in [0.25, 0.3) is 0 Å². The second kappa shape index (κ2) is 7.79. The second-order valence-corrected chi connectivity index (χ2v) is 5.74. The summed E-state index contributed by atoms with van der Waals surface area (Å²) >= 11 is 0. The number of nitrogens with zero attached hydrogens (tertiary/aromatic N) is 1. The van der Waals surface area contributed by atoms with Crippen molar-refractivity contribution in [1.29, 1.82) is 0 Å². The Labute approximate surface area is 137 Å². The van der Waals surface area contributed by atoms with Gasteiger partial charge in [0.1, 0.15) is 6.10 Å². The van der Waals surface area contributed by atoms with Gasteiger partial charge in [-0.25, -0.2) is 4.79 Å². The number of benzene rings is 2. The van der Waals surface area contributed by atoms with Gasteiger partial charge < -0.3 is 10.1 Å². The first-order valence-electron chi connectivity index (χ1n) is 8.11. The molecule has 1 aliphatic rings. The minimum absolute atomic E-state index is 0.00531. The van der Waals surface area contributed by atoms with Crippen LogP contribution in [0.4, 0.5) is 10.5 Å². The van der Waals surface area contributed by atoms with Gasteiger partial charge in [0.05, 0.1) is 6.54 Å². The lowest BCUT2D eigenvalue weighted by molar-refractivity contribution is 0.0847. The summed E-state index contributed by atoms with van der Waals surface area (Å²) in [6.07, 6.45) is 1.48. The molecule has 0 saturated carbocycles. The summed E-state index contributed by atoms with van der Waals surface area (Å²) in [5.74, 6) is 0. The average molecular weight is 310 g/mol. The molecule has 0 aliphatic carbocycles. The minimum Gasteiger partial charge on any atom is -0.446 e. The first-order chi connectivity index (χ1) is 11.3. The van der Waals surface area contributed by atoms with Gasteiger partial charge in [0.25, 0.3) is 0 Å². The van der Waals surface area contributed by atoms with E-state index in [0.717, 1.165) is 37.2 Å². The standard InChI is InChI=1S/C19H22N2O2/c22-19(23-18-11-13-20-14-12-18)21(17-9-5-2-6-10-17)15-16-7-3-1-4-8-16/h1-10,18,20H,11-15H2. The molecule has 2 aromatic carbocycles. The Balaban J connectivity index is 1.75. The first-order valence-corrected chi connectivity index (χ1v) is 8.11. The molecule has 0 unspecified atom stereocenters. The van der Waals surface area contributed by atoms with Crippen LogP contribution in [0, 0.1) is 0 Å². The molecular formula is C19H22N2O2. The molecule has 1 amide bonds.